The van der Waals surface area contributed by atoms with Crippen molar-refractivity contribution in [2.45, 2.75) is 13.8 Å². The number of hydrogen-bond donors (Lipinski definition) is 1. The number of rotatable bonds is 5. The number of benzene rings is 1. The van der Waals surface area contributed by atoms with E-state index >= 15 is 0 Å². The molecule has 0 spiro atoms. The molecule has 0 unspecified atom stereocenters. The highest BCUT2D eigenvalue weighted by Gasteiger charge is 2.05. The van der Waals surface area contributed by atoms with Crippen molar-refractivity contribution in [2.24, 2.45) is 0 Å². The van der Waals surface area contributed by atoms with Crippen molar-refractivity contribution in [3.8, 4) is 0 Å². The van der Waals surface area contributed by atoms with Gasteiger partial charge in [0, 0.05) is 5.56 Å². The van der Waals surface area contributed by atoms with Crippen molar-refractivity contribution >= 4 is 5.91 Å². The van der Waals surface area contributed by atoms with Gasteiger partial charge < -0.3 is 4.84 Å². The molecule has 0 aliphatic rings. The Morgan fingerprint density at radius 3 is 2.56 bits per heavy atom. The summed E-state index contributed by atoms with van der Waals surface area (Å²) in [5, 5.41) is 0. The minimum atomic E-state index is -0.289. The lowest BCUT2D eigenvalue weighted by Crippen LogP contribution is -2.23. The summed E-state index contributed by atoms with van der Waals surface area (Å²) in [7, 11) is 0. The van der Waals surface area contributed by atoms with Crippen LogP contribution in [0.25, 0.3) is 0 Å². The molecular formula is C15H17NO2. The predicted molar refractivity (Wildman–Crippen MR) is 72.8 cm³/mol. The molecule has 0 saturated heterocycles. The molecule has 3 heteroatoms. The maximum atomic E-state index is 11.7. The van der Waals surface area contributed by atoms with Gasteiger partial charge >= 0.3 is 0 Å². The zero-order valence-electron chi connectivity index (χ0n) is 10.6. The first-order valence-corrected chi connectivity index (χ1v) is 5.66. The van der Waals surface area contributed by atoms with Gasteiger partial charge in [-0.1, -0.05) is 36.4 Å². The van der Waals surface area contributed by atoms with Gasteiger partial charge in [-0.25, -0.2) is 0 Å². The van der Waals surface area contributed by atoms with E-state index < -0.39 is 0 Å². The van der Waals surface area contributed by atoms with Crippen LogP contribution >= 0.6 is 0 Å². The molecule has 1 N–H and O–H groups in total. The Bertz CT molecular complexity index is 470. The summed E-state index contributed by atoms with van der Waals surface area (Å²) in [6.07, 6.45) is 6.89. The van der Waals surface area contributed by atoms with Crippen molar-refractivity contribution in [3.05, 3.63) is 72.0 Å². The molecule has 0 bridgehead atoms. The van der Waals surface area contributed by atoms with Gasteiger partial charge in [-0.15, -0.1) is 0 Å². The molecule has 0 saturated carbocycles. The van der Waals surface area contributed by atoms with E-state index in [0.29, 0.717) is 11.3 Å². The van der Waals surface area contributed by atoms with Gasteiger partial charge in [0.05, 0.1) is 0 Å². The fourth-order valence-corrected chi connectivity index (χ4v) is 1.20. The molecule has 0 radical (unpaired) electrons. The molecule has 1 aromatic carbocycles. The van der Waals surface area contributed by atoms with Crippen LogP contribution in [0.5, 0.6) is 0 Å². The van der Waals surface area contributed by atoms with Gasteiger partial charge in [0.25, 0.3) is 5.91 Å². The highest BCUT2D eigenvalue weighted by molar-refractivity contribution is 5.93. The standard InChI is InChI=1S/C15H17NO2/c1-4-6-7-14(5-2)18-16-15(17)13-10-8-12(3)9-11-13/h4-11H,2H2,1,3H3,(H,16,17)/b6-4-,14-7+. The summed E-state index contributed by atoms with van der Waals surface area (Å²) in [6.45, 7) is 7.45. The van der Waals surface area contributed by atoms with Gasteiger partial charge in [-0.05, 0) is 38.1 Å². The van der Waals surface area contributed by atoms with Crippen LogP contribution in [0, 0.1) is 6.92 Å². The Labute approximate surface area is 107 Å². The number of hydroxylamine groups is 1. The van der Waals surface area contributed by atoms with Crippen LogP contribution in [0.4, 0.5) is 0 Å². The smallest absolute Gasteiger partial charge is 0.283 e. The third-order valence-corrected chi connectivity index (χ3v) is 2.23. The normalized spacial score (nSPS) is 11.3. The number of carbonyl (C=O) groups excluding carboxylic acids is 1. The minimum absolute atomic E-state index is 0.289. The second-order valence-corrected chi connectivity index (χ2v) is 3.70. The largest absolute Gasteiger partial charge is 0.379 e. The van der Waals surface area contributed by atoms with E-state index in [1.54, 1.807) is 24.3 Å². The third kappa shape index (κ3) is 4.29. The Kier molecular flexibility index (Phi) is 5.45. The molecule has 0 aliphatic carbocycles. The van der Waals surface area contributed by atoms with Crippen LogP contribution in [-0.2, 0) is 4.84 Å². The molecule has 0 aliphatic heterocycles. The fourth-order valence-electron chi connectivity index (χ4n) is 1.20. The van der Waals surface area contributed by atoms with Crippen molar-refractivity contribution in [1.82, 2.24) is 5.48 Å². The topological polar surface area (TPSA) is 38.3 Å². The first-order valence-electron chi connectivity index (χ1n) is 5.66. The molecule has 0 fully saturated rings. The van der Waals surface area contributed by atoms with Crippen LogP contribution < -0.4 is 5.48 Å². The molecule has 3 nitrogen and oxygen atoms in total. The zero-order chi connectivity index (χ0) is 13.4. The molecule has 18 heavy (non-hydrogen) atoms. The molecule has 0 atom stereocenters. The number of nitrogens with one attached hydrogen (secondary N) is 1. The van der Waals surface area contributed by atoms with Gasteiger partial charge in [-0.2, -0.15) is 5.48 Å². The SMILES string of the molecule is C=C/C(=C\C=C/C)ONC(=O)c1ccc(C)cc1. The number of allylic oxidation sites excluding steroid dienone is 4. The summed E-state index contributed by atoms with van der Waals surface area (Å²) >= 11 is 0. The maximum absolute atomic E-state index is 11.7. The molecule has 94 valence electrons. The Hall–Kier alpha value is -2.29. The Morgan fingerprint density at radius 1 is 1.33 bits per heavy atom. The average Bonchev–Trinajstić information content (AvgIpc) is 2.39. The van der Waals surface area contributed by atoms with E-state index in [1.165, 1.54) is 6.08 Å². The Morgan fingerprint density at radius 2 is 2.00 bits per heavy atom. The summed E-state index contributed by atoms with van der Waals surface area (Å²) in [4.78, 5) is 16.9. The quantitative estimate of drug-likeness (QED) is 0.489. The number of amides is 1. The molecule has 1 rings (SSSR count). The third-order valence-electron chi connectivity index (χ3n) is 2.23. The maximum Gasteiger partial charge on any atom is 0.283 e. The molecule has 0 aromatic heterocycles. The van der Waals surface area contributed by atoms with Crippen molar-refractivity contribution in [1.29, 1.82) is 0 Å². The first-order chi connectivity index (χ1) is 8.67. The second kappa shape index (κ2) is 7.12. The van der Waals surface area contributed by atoms with E-state index in [0.717, 1.165) is 5.56 Å². The van der Waals surface area contributed by atoms with E-state index in [1.807, 2.05) is 32.1 Å². The minimum Gasteiger partial charge on any atom is -0.379 e. The average molecular weight is 243 g/mol. The van der Waals surface area contributed by atoms with E-state index in [9.17, 15) is 4.79 Å². The van der Waals surface area contributed by atoms with Gasteiger partial charge in [0.2, 0.25) is 0 Å². The van der Waals surface area contributed by atoms with Crippen molar-refractivity contribution in [2.75, 3.05) is 0 Å². The van der Waals surface area contributed by atoms with E-state index in [2.05, 4.69) is 12.1 Å². The lowest BCUT2D eigenvalue weighted by atomic mass is 10.1. The summed E-state index contributed by atoms with van der Waals surface area (Å²) in [5.74, 6) is 0.191. The molecule has 1 aromatic rings. The van der Waals surface area contributed by atoms with Crippen molar-refractivity contribution < 1.29 is 9.63 Å². The Balaban J connectivity index is 2.60. The molecule has 1 amide bonds. The monoisotopic (exact) mass is 243 g/mol. The van der Waals surface area contributed by atoms with Gasteiger partial charge in [-0.3, -0.25) is 4.79 Å². The van der Waals surface area contributed by atoms with Crippen LogP contribution in [-0.4, -0.2) is 5.91 Å². The fraction of sp³-hybridized carbons (Fsp3) is 0.133. The molecule has 0 heterocycles. The highest BCUT2D eigenvalue weighted by Crippen LogP contribution is 2.04. The van der Waals surface area contributed by atoms with Crippen LogP contribution in [0.15, 0.2) is 60.9 Å². The van der Waals surface area contributed by atoms with Crippen LogP contribution in [0.2, 0.25) is 0 Å². The van der Waals surface area contributed by atoms with Crippen LogP contribution in [0.3, 0.4) is 0 Å². The predicted octanol–water partition coefficient (Wildman–Crippen LogP) is 3.30. The van der Waals surface area contributed by atoms with E-state index in [4.69, 9.17) is 4.84 Å². The molecular weight excluding hydrogens is 226 g/mol. The summed E-state index contributed by atoms with van der Waals surface area (Å²) < 4.78 is 0. The highest BCUT2D eigenvalue weighted by atomic mass is 16.7. The summed E-state index contributed by atoms with van der Waals surface area (Å²) in [6, 6.07) is 7.24. The van der Waals surface area contributed by atoms with E-state index in [-0.39, 0.29) is 5.91 Å². The first kappa shape index (κ1) is 13.8. The number of hydrogen-bond acceptors (Lipinski definition) is 2. The van der Waals surface area contributed by atoms with Crippen LogP contribution in [0.1, 0.15) is 22.8 Å². The number of carbonyl (C=O) groups is 1. The second-order valence-electron chi connectivity index (χ2n) is 3.70. The van der Waals surface area contributed by atoms with Crippen molar-refractivity contribution in [3.63, 3.8) is 0 Å². The number of aryl methyl sites for hydroxylation is 1. The lowest BCUT2D eigenvalue weighted by molar-refractivity contribution is 0.0608. The zero-order valence-corrected chi connectivity index (χ0v) is 10.6. The van der Waals surface area contributed by atoms with Gasteiger partial charge in [0.15, 0.2) is 5.76 Å². The lowest BCUT2D eigenvalue weighted by Gasteiger charge is -2.07. The summed E-state index contributed by atoms with van der Waals surface area (Å²) in [5.41, 5.74) is 4.02. The van der Waals surface area contributed by atoms with Gasteiger partial charge in [0.1, 0.15) is 0 Å².